The number of fused-ring (bicyclic) bond motifs is 3. The summed E-state index contributed by atoms with van der Waals surface area (Å²) >= 11 is 0. The Hall–Kier alpha value is -1.92. The molecule has 3 rings (SSSR count). The fourth-order valence-electron chi connectivity index (χ4n) is 3.68. The van der Waals surface area contributed by atoms with Gasteiger partial charge in [0, 0.05) is 17.6 Å². The third kappa shape index (κ3) is 3.28. The monoisotopic (exact) mass is 348 g/mol. The standard InChI is InChI=1S/C19H24O6/c1-10(2)17(21)23-13-8-12(9-20)6-5-7-19(4)16(25-19)15-14(13)11(3)18(22)24-15/h6,13-16,20H,1,3,5,7-9H2,2,4H3. The molecule has 0 aromatic heterocycles. The minimum atomic E-state index is -0.668. The molecule has 2 aliphatic heterocycles. The van der Waals surface area contributed by atoms with Gasteiger partial charge in [0.05, 0.1) is 18.1 Å². The summed E-state index contributed by atoms with van der Waals surface area (Å²) in [7, 11) is 0. The van der Waals surface area contributed by atoms with Gasteiger partial charge in [-0.1, -0.05) is 19.2 Å². The highest BCUT2D eigenvalue weighted by Crippen LogP contribution is 2.50. The van der Waals surface area contributed by atoms with Crippen LogP contribution in [0.1, 0.15) is 33.1 Å². The van der Waals surface area contributed by atoms with E-state index < -0.39 is 30.1 Å². The topological polar surface area (TPSA) is 85.4 Å². The zero-order valence-corrected chi connectivity index (χ0v) is 14.6. The van der Waals surface area contributed by atoms with Crippen LogP contribution in [0.4, 0.5) is 0 Å². The number of carbonyl (C=O) groups excluding carboxylic acids is 2. The first-order valence-corrected chi connectivity index (χ1v) is 8.49. The summed E-state index contributed by atoms with van der Waals surface area (Å²) in [4.78, 5) is 24.2. The molecule has 6 nitrogen and oxygen atoms in total. The lowest BCUT2D eigenvalue weighted by Gasteiger charge is -2.28. The normalized spacial score (nSPS) is 37.3. The molecule has 0 saturated carbocycles. The van der Waals surface area contributed by atoms with Gasteiger partial charge in [0.15, 0.2) is 0 Å². The van der Waals surface area contributed by atoms with Gasteiger partial charge in [0.2, 0.25) is 0 Å². The molecule has 2 saturated heterocycles. The number of carbonyl (C=O) groups is 2. The zero-order chi connectivity index (χ0) is 18.4. The van der Waals surface area contributed by atoms with Gasteiger partial charge in [-0.05, 0) is 32.3 Å². The van der Waals surface area contributed by atoms with Crippen molar-refractivity contribution >= 4 is 11.9 Å². The molecule has 5 unspecified atom stereocenters. The molecule has 2 fully saturated rings. The van der Waals surface area contributed by atoms with Gasteiger partial charge in [-0.3, -0.25) is 0 Å². The molecule has 0 aromatic rings. The first-order valence-electron chi connectivity index (χ1n) is 8.49. The summed E-state index contributed by atoms with van der Waals surface area (Å²) in [6, 6.07) is 0. The molecule has 0 spiro atoms. The van der Waals surface area contributed by atoms with E-state index in [0.717, 1.165) is 18.4 Å². The quantitative estimate of drug-likeness (QED) is 0.362. The van der Waals surface area contributed by atoms with Gasteiger partial charge < -0.3 is 19.3 Å². The van der Waals surface area contributed by atoms with Crippen LogP contribution in [-0.2, 0) is 23.8 Å². The molecule has 5 atom stereocenters. The second-order valence-corrected chi connectivity index (χ2v) is 7.26. The van der Waals surface area contributed by atoms with Gasteiger partial charge in [0.1, 0.15) is 18.3 Å². The lowest BCUT2D eigenvalue weighted by Crippen LogP contribution is -2.38. The number of esters is 2. The Bertz CT molecular complexity index is 663. The number of aliphatic hydroxyl groups excluding tert-OH is 1. The van der Waals surface area contributed by atoms with Crippen LogP contribution < -0.4 is 0 Å². The third-order valence-corrected chi connectivity index (χ3v) is 5.25. The predicted molar refractivity (Wildman–Crippen MR) is 89.5 cm³/mol. The van der Waals surface area contributed by atoms with Crippen molar-refractivity contribution in [1.29, 1.82) is 0 Å². The number of ether oxygens (including phenoxy) is 3. The van der Waals surface area contributed by atoms with Crippen LogP contribution >= 0.6 is 0 Å². The second kappa shape index (κ2) is 6.42. The Kier molecular flexibility index (Phi) is 4.60. The van der Waals surface area contributed by atoms with Gasteiger partial charge in [-0.15, -0.1) is 0 Å². The summed E-state index contributed by atoms with van der Waals surface area (Å²) in [6.45, 7) is 10.9. The van der Waals surface area contributed by atoms with Gasteiger partial charge >= 0.3 is 11.9 Å². The number of hydrogen-bond acceptors (Lipinski definition) is 6. The lowest BCUT2D eigenvalue weighted by atomic mass is 9.82. The van der Waals surface area contributed by atoms with Crippen LogP contribution in [0.15, 0.2) is 36.0 Å². The fourth-order valence-corrected chi connectivity index (χ4v) is 3.68. The molecule has 0 bridgehead atoms. The Labute approximate surface area is 147 Å². The first-order chi connectivity index (χ1) is 11.8. The van der Waals surface area contributed by atoms with Gasteiger partial charge in [-0.25, -0.2) is 9.59 Å². The van der Waals surface area contributed by atoms with Crippen molar-refractivity contribution < 1.29 is 28.9 Å². The molecule has 6 heteroatoms. The maximum Gasteiger partial charge on any atom is 0.334 e. The van der Waals surface area contributed by atoms with E-state index in [4.69, 9.17) is 14.2 Å². The smallest absolute Gasteiger partial charge is 0.334 e. The van der Waals surface area contributed by atoms with E-state index in [-0.39, 0.29) is 29.5 Å². The molecule has 25 heavy (non-hydrogen) atoms. The van der Waals surface area contributed by atoms with Crippen molar-refractivity contribution in [3.8, 4) is 0 Å². The highest BCUT2D eigenvalue weighted by Gasteiger charge is 2.63. The Morgan fingerprint density at radius 3 is 2.88 bits per heavy atom. The van der Waals surface area contributed by atoms with Crippen LogP contribution in [0, 0.1) is 5.92 Å². The van der Waals surface area contributed by atoms with Gasteiger partial charge in [0.25, 0.3) is 0 Å². The Morgan fingerprint density at radius 1 is 1.52 bits per heavy atom. The molecule has 1 aliphatic carbocycles. The van der Waals surface area contributed by atoms with Crippen molar-refractivity contribution in [2.45, 2.75) is 57.0 Å². The van der Waals surface area contributed by atoms with Crippen LogP contribution in [0.5, 0.6) is 0 Å². The maximum atomic E-state index is 12.1. The van der Waals surface area contributed by atoms with E-state index in [1.807, 2.05) is 13.0 Å². The molecule has 0 aromatic carbocycles. The number of hydrogen-bond donors (Lipinski definition) is 1. The van der Waals surface area contributed by atoms with E-state index in [1.54, 1.807) is 6.92 Å². The predicted octanol–water partition coefficient (Wildman–Crippen LogP) is 1.83. The molecule has 3 aliphatic rings. The SMILES string of the molecule is C=C(C)C(=O)OC1CC(CO)=CCCC2(C)OC2C2OC(=O)C(=C)C12. The summed E-state index contributed by atoms with van der Waals surface area (Å²) in [5.74, 6) is -1.53. The van der Waals surface area contributed by atoms with E-state index in [9.17, 15) is 14.7 Å². The van der Waals surface area contributed by atoms with E-state index in [0.29, 0.717) is 6.42 Å². The second-order valence-electron chi connectivity index (χ2n) is 7.26. The summed E-state index contributed by atoms with van der Waals surface area (Å²) in [6.07, 6.45) is 2.32. The minimum Gasteiger partial charge on any atom is -0.458 e. The minimum absolute atomic E-state index is 0.138. The molecule has 0 amide bonds. The zero-order valence-electron chi connectivity index (χ0n) is 14.6. The number of epoxide rings is 1. The molecular weight excluding hydrogens is 324 g/mol. The lowest BCUT2D eigenvalue weighted by molar-refractivity contribution is -0.148. The van der Waals surface area contributed by atoms with Crippen molar-refractivity contribution in [2.75, 3.05) is 6.61 Å². The first kappa shape index (κ1) is 17.9. The van der Waals surface area contributed by atoms with Crippen molar-refractivity contribution in [1.82, 2.24) is 0 Å². The summed E-state index contributed by atoms with van der Waals surface area (Å²) in [5.41, 5.74) is 0.922. The Morgan fingerprint density at radius 2 is 2.24 bits per heavy atom. The van der Waals surface area contributed by atoms with Crippen molar-refractivity contribution in [3.05, 3.63) is 36.0 Å². The van der Waals surface area contributed by atoms with Crippen LogP contribution in [0.2, 0.25) is 0 Å². The van der Waals surface area contributed by atoms with Crippen molar-refractivity contribution in [2.24, 2.45) is 5.92 Å². The average molecular weight is 348 g/mol. The van der Waals surface area contributed by atoms with E-state index in [2.05, 4.69) is 13.2 Å². The number of rotatable bonds is 3. The summed E-state index contributed by atoms with van der Waals surface area (Å²) < 4.78 is 17.0. The fraction of sp³-hybridized carbons (Fsp3) is 0.579. The van der Waals surface area contributed by atoms with Crippen LogP contribution in [-0.4, -0.2) is 47.6 Å². The molecule has 0 radical (unpaired) electrons. The largest absolute Gasteiger partial charge is 0.458 e. The van der Waals surface area contributed by atoms with E-state index in [1.165, 1.54) is 0 Å². The molecule has 136 valence electrons. The average Bonchev–Trinajstić information content (AvgIpc) is 3.13. The Balaban J connectivity index is 1.96. The van der Waals surface area contributed by atoms with E-state index >= 15 is 0 Å². The van der Waals surface area contributed by atoms with Crippen molar-refractivity contribution in [3.63, 3.8) is 0 Å². The highest BCUT2D eigenvalue weighted by atomic mass is 16.6. The molecule has 1 N–H and O–H groups in total. The summed E-state index contributed by atoms with van der Waals surface area (Å²) in [5, 5.41) is 9.65. The highest BCUT2D eigenvalue weighted by molar-refractivity contribution is 5.91. The maximum absolute atomic E-state index is 12.1. The number of aliphatic hydroxyl groups is 1. The van der Waals surface area contributed by atoms with Crippen LogP contribution in [0.3, 0.4) is 0 Å². The molecule has 2 heterocycles. The van der Waals surface area contributed by atoms with Crippen LogP contribution in [0.25, 0.3) is 0 Å². The molecular formula is C19H24O6. The number of allylic oxidation sites excluding steroid dienone is 1. The third-order valence-electron chi connectivity index (χ3n) is 5.25. The van der Waals surface area contributed by atoms with Gasteiger partial charge in [-0.2, -0.15) is 0 Å².